The number of hydrogen-bond acceptors (Lipinski definition) is 3. The largest absolute Gasteiger partial charge is 0.406 e. The third kappa shape index (κ3) is 2.11. The summed E-state index contributed by atoms with van der Waals surface area (Å²) in [5.41, 5.74) is 5.86. The van der Waals surface area contributed by atoms with Crippen LogP contribution in [0.1, 0.15) is 0 Å². The lowest BCUT2D eigenvalue weighted by Crippen LogP contribution is -2.19. The van der Waals surface area contributed by atoms with Gasteiger partial charge < -0.3 is 5.73 Å². The molecule has 0 aliphatic carbocycles. The van der Waals surface area contributed by atoms with Crippen LogP contribution in [0, 0.1) is 0 Å². The molecule has 0 aliphatic heterocycles. The summed E-state index contributed by atoms with van der Waals surface area (Å²) in [6.45, 7) is -1.19. The van der Waals surface area contributed by atoms with E-state index in [0.29, 0.717) is 9.99 Å². The minimum absolute atomic E-state index is 0.123. The molecule has 0 fully saturated rings. The van der Waals surface area contributed by atoms with Crippen molar-refractivity contribution in [1.29, 1.82) is 0 Å². The summed E-state index contributed by atoms with van der Waals surface area (Å²) < 4.78 is 38.3. The predicted molar refractivity (Wildman–Crippen MR) is 55.7 cm³/mol. The maximum atomic E-state index is 12.3. The van der Waals surface area contributed by atoms with E-state index in [0.717, 1.165) is 4.57 Å². The Morgan fingerprint density at radius 1 is 1.44 bits per heavy atom. The molecular weight excluding hydrogens is 289 g/mol. The van der Waals surface area contributed by atoms with E-state index >= 15 is 0 Å². The summed E-state index contributed by atoms with van der Waals surface area (Å²) >= 11 is 3.15. The minimum atomic E-state index is -4.35. The number of alkyl halides is 3. The Kier molecular flexibility index (Phi) is 2.53. The molecule has 0 spiro atoms. The molecule has 86 valence electrons. The Labute approximate surface area is 96.4 Å². The highest BCUT2D eigenvalue weighted by Crippen LogP contribution is 2.24. The van der Waals surface area contributed by atoms with Crippen molar-refractivity contribution >= 4 is 33.0 Å². The summed E-state index contributed by atoms with van der Waals surface area (Å²) in [5, 5.41) is 0. The van der Waals surface area contributed by atoms with E-state index in [9.17, 15) is 13.2 Å². The second-order valence-corrected chi connectivity index (χ2v) is 4.08. The maximum Gasteiger partial charge on any atom is 0.406 e. The van der Waals surface area contributed by atoms with Gasteiger partial charge in [-0.25, -0.2) is 9.97 Å². The van der Waals surface area contributed by atoms with Gasteiger partial charge in [0, 0.05) is 10.7 Å². The van der Waals surface area contributed by atoms with E-state index in [1.54, 1.807) is 6.07 Å². The zero-order valence-electron chi connectivity index (χ0n) is 7.79. The van der Waals surface area contributed by atoms with Crippen LogP contribution in [-0.2, 0) is 6.54 Å². The lowest BCUT2D eigenvalue weighted by molar-refractivity contribution is -0.139. The first-order valence-electron chi connectivity index (χ1n) is 4.21. The first kappa shape index (κ1) is 11.2. The molecule has 8 heteroatoms. The first-order chi connectivity index (χ1) is 7.37. The van der Waals surface area contributed by atoms with Gasteiger partial charge in [0.15, 0.2) is 5.65 Å². The predicted octanol–water partition coefficient (Wildman–Crippen LogP) is 2.34. The highest BCUT2D eigenvalue weighted by atomic mass is 79.9. The summed E-state index contributed by atoms with van der Waals surface area (Å²) in [7, 11) is 0. The maximum absolute atomic E-state index is 12.3. The molecule has 2 heterocycles. The standard InChI is InChI=1S/C8H6BrF3N4/c9-4-1-5-6(14-2-4)16(7(13)15-5)3-8(10,11)12/h1-2H,3H2,(H2,13,15). The number of pyridine rings is 1. The Balaban J connectivity index is 2.56. The molecule has 2 rings (SSSR count). The number of anilines is 1. The van der Waals surface area contributed by atoms with Crippen LogP contribution < -0.4 is 5.73 Å². The van der Waals surface area contributed by atoms with Crippen molar-refractivity contribution in [3.05, 3.63) is 16.7 Å². The number of halogens is 4. The molecule has 0 aromatic carbocycles. The zero-order valence-corrected chi connectivity index (χ0v) is 9.38. The summed E-state index contributed by atoms with van der Waals surface area (Å²) in [6.07, 6.45) is -2.95. The first-order valence-corrected chi connectivity index (χ1v) is 5.00. The van der Waals surface area contributed by atoms with E-state index in [2.05, 4.69) is 25.9 Å². The number of nitrogens with two attached hydrogens (primary N) is 1. The van der Waals surface area contributed by atoms with E-state index in [-0.39, 0.29) is 11.6 Å². The van der Waals surface area contributed by atoms with Crippen LogP contribution >= 0.6 is 15.9 Å². The quantitative estimate of drug-likeness (QED) is 0.878. The fourth-order valence-electron chi connectivity index (χ4n) is 1.34. The van der Waals surface area contributed by atoms with Crippen LogP contribution in [-0.4, -0.2) is 20.7 Å². The minimum Gasteiger partial charge on any atom is -0.369 e. The van der Waals surface area contributed by atoms with Crippen molar-refractivity contribution in [1.82, 2.24) is 14.5 Å². The van der Waals surface area contributed by atoms with Crippen LogP contribution in [0.2, 0.25) is 0 Å². The van der Waals surface area contributed by atoms with Crippen molar-refractivity contribution in [3.8, 4) is 0 Å². The molecule has 0 unspecified atom stereocenters. The fourth-order valence-corrected chi connectivity index (χ4v) is 1.66. The number of nitrogen functional groups attached to an aromatic ring is 1. The molecule has 2 N–H and O–H groups in total. The molecule has 0 saturated carbocycles. The highest BCUT2D eigenvalue weighted by molar-refractivity contribution is 9.10. The van der Waals surface area contributed by atoms with Gasteiger partial charge in [-0.15, -0.1) is 0 Å². The van der Waals surface area contributed by atoms with Crippen molar-refractivity contribution in [2.24, 2.45) is 0 Å². The monoisotopic (exact) mass is 294 g/mol. The van der Waals surface area contributed by atoms with E-state index in [1.165, 1.54) is 6.20 Å². The Morgan fingerprint density at radius 3 is 2.75 bits per heavy atom. The SMILES string of the molecule is Nc1nc2cc(Br)cnc2n1CC(F)(F)F. The van der Waals surface area contributed by atoms with Gasteiger partial charge >= 0.3 is 6.18 Å². The number of imidazole rings is 1. The van der Waals surface area contributed by atoms with Crippen molar-refractivity contribution in [2.45, 2.75) is 12.7 Å². The van der Waals surface area contributed by atoms with Gasteiger partial charge in [0.05, 0.1) is 0 Å². The Morgan fingerprint density at radius 2 is 2.12 bits per heavy atom. The van der Waals surface area contributed by atoms with Gasteiger partial charge in [0.1, 0.15) is 12.1 Å². The van der Waals surface area contributed by atoms with Gasteiger partial charge in [-0.3, -0.25) is 4.57 Å². The topological polar surface area (TPSA) is 56.7 Å². The second kappa shape index (κ2) is 3.62. The molecular formula is C8H6BrF3N4. The number of fused-ring (bicyclic) bond motifs is 1. The molecule has 0 saturated heterocycles. The Hall–Kier alpha value is -1.31. The lowest BCUT2D eigenvalue weighted by atomic mass is 10.4. The van der Waals surface area contributed by atoms with Gasteiger partial charge in [-0.2, -0.15) is 13.2 Å². The van der Waals surface area contributed by atoms with Crippen molar-refractivity contribution in [3.63, 3.8) is 0 Å². The second-order valence-electron chi connectivity index (χ2n) is 3.17. The van der Waals surface area contributed by atoms with Gasteiger partial charge in [-0.1, -0.05) is 0 Å². The van der Waals surface area contributed by atoms with Crippen LogP contribution in [0.25, 0.3) is 11.2 Å². The number of nitrogens with zero attached hydrogens (tertiary/aromatic N) is 3. The van der Waals surface area contributed by atoms with Crippen LogP contribution in [0.5, 0.6) is 0 Å². The Bertz CT molecular complexity index is 534. The average Bonchev–Trinajstić information content (AvgIpc) is 2.40. The molecule has 0 radical (unpaired) electrons. The van der Waals surface area contributed by atoms with Crippen LogP contribution in [0.15, 0.2) is 16.7 Å². The third-order valence-corrected chi connectivity index (χ3v) is 2.35. The molecule has 0 atom stereocenters. The summed E-state index contributed by atoms with van der Waals surface area (Å²) in [4.78, 5) is 7.67. The van der Waals surface area contributed by atoms with Crippen LogP contribution in [0.3, 0.4) is 0 Å². The van der Waals surface area contributed by atoms with E-state index < -0.39 is 12.7 Å². The molecule has 0 aliphatic rings. The molecule has 2 aromatic heterocycles. The summed E-state index contributed by atoms with van der Waals surface area (Å²) in [6, 6.07) is 1.56. The van der Waals surface area contributed by atoms with Gasteiger partial charge in [0.25, 0.3) is 0 Å². The average molecular weight is 295 g/mol. The van der Waals surface area contributed by atoms with E-state index in [4.69, 9.17) is 5.73 Å². The molecule has 4 nitrogen and oxygen atoms in total. The highest BCUT2D eigenvalue weighted by Gasteiger charge is 2.30. The summed E-state index contributed by atoms with van der Waals surface area (Å²) in [5.74, 6) is -0.196. The van der Waals surface area contributed by atoms with Crippen molar-refractivity contribution in [2.75, 3.05) is 5.73 Å². The third-order valence-electron chi connectivity index (χ3n) is 1.92. The number of hydrogen-bond donors (Lipinski definition) is 1. The number of aromatic nitrogens is 3. The van der Waals surface area contributed by atoms with Gasteiger partial charge in [0.2, 0.25) is 5.95 Å². The lowest BCUT2D eigenvalue weighted by Gasteiger charge is -2.08. The molecule has 16 heavy (non-hydrogen) atoms. The van der Waals surface area contributed by atoms with Gasteiger partial charge in [-0.05, 0) is 22.0 Å². The normalized spacial score (nSPS) is 12.2. The fraction of sp³-hybridized carbons (Fsp3) is 0.250. The molecule has 2 aromatic rings. The smallest absolute Gasteiger partial charge is 0.369 e. The van der Waals surface area contributed by atoms with Crippen LogP contribution in [0.4, 0.5) is 19.1 Å². The van der Waals surface area contributed by atoms with E-state index in [1.807, 2.05) is 0 Å². The zero-order chi connectivity index (χ0) is 11.9. The molecule has 0 bridgehead atoms. The number of rotatable bonds is 1. The molecule has 0 amide bonds. The van der Waals surface area contributed by atoms with Crippen molar-refractivity contribution < 1.29 is 13.2 Å².